The van der Waals surface area contributed by atoms with E-state index in [1.807, 2.05) is 6.92 Å². The molecule has 148 valence electrons. The maximum atomic E-state index is 13.0. The Bertz CT molecular complexity index is 826. The number of hydrogen-bond donors (Lipinski definition) is 2. The summed E-state index contributed by atoms with van der Waals surface area (Å²) < 4.78 is 27.3. The van der Waals surface area contributed by atoms with Gasteiger partial charge in [0.05, 0.1) is 0 Å². The Balaban J connectivity index is 1.69. The molecule has 3 heterocycles. The molecule has 2 N–H and O–H groups in total. The number of aromatic nitrogens is 1. The molecule has 0 aliphatic carbocycles. The lowest BCUT2D eigenvalue weighted by atomic mass is 9.95. The maximum absolute atomic E-state index is 13.0. The van der Waals surface area contributed by atoms with Crippen molar-refractivity contribution >= 4 is 21.8 Å². The minimum Gasteiger partial charge on any atom is -0.356 e. The second-order valence-electron chi connectivity index (χ2n) is 7.20. The van der Waals surface area contributed by atoms with Gasteiger partial charge < -0.3 is 15.2 Å². The largest absolute Gasteiger partial charge is 0.356 e. The minimum absolute atomic E-state index is 0.0259. The molecular weight excluding hydrogens is 368 g/mol. The van der Waals surface area contributed by atoms with Crippen molar-refractivity contribution in [2.75, 3.05) is 26.2 Å². The molecule has 2 aliphatic heterocycles. The van der Waals surface area contributed by atoms with Gasteiger partial charge in [-0.25, -0.2) is 8.42 Å². The number of nitrogens with one attached hydrogen (secondary N) is 2. The normalized spacial score (nSPS) is 24.0. The van der Waals surface area contributed by atoms with Crippen LogP contribution in [0.5, 0.6) is 0 Å². The fourth-order valence-electron chi connectivity index (χ4n) is 3.67. The lowest BCUT2D eigenvalue weighted by Gasteiger charge is -2.36. The summed E-state index contributed by atoms with van der Waals surface area (Å²) in [6.45, 7) is 7.39. The van der Waals surface area contributed by atoms with Crippen molar-refractivity contribution in [2.24, 2.45) is 5.92 Å². The molecule has 27 heavy (non-hydrogen) atoms. The third-order valence-corrected chi connectivity index (χ3v) is 7.14. The molecule has 2 fully saturated rings. The van der Waals surface area contributed by atoms with Crippen LogP contribution in [-0.2, 0) is 14.8 Å². The topological polar surface area (TPSA) is 103 Å². The van der Waals surface area contributed by atoms with E-state index in [9.17, 15) is 18.0 Å². The fraction of sp³-hybridized carbons (Fsp3) is 0.556. The average molecular weight is 394 g/mol. The number of H-pyrrole nitrogens is 1. The molecule has 2 saturated heterocycles. The highest BCUT2D eigenvalue weighted by Crippen LogP contribution is 2.25. The van der Waals surface area contributed by atoms with Gasteiger partial charge in [0.25, 0.3) is 5.91 Å². The van der Waals surface area contributed by atoms with E-state index in [4.69, 9.17) is 0 Å². The molecule has 0 saturated carbocycles. The average Bonchev–Trinajstić information content (AvgIpc) is 3.34. The first kappa shape index (κ1) is 19.6. The molecule has 2 atom stereocenters. The molecule has 1 aromatic rings. The molecule has 2 unspecified atom stereocenters. The number of rotatable bonds is 5. The van der Waals surface area contributed by atoms with Crippen LogP contribution in [0.25, 0.3) is 0 Å². The highest BCUT2D eigenvalue weighted by Gasteiger charge is 2.35. The highest BCUT2D eigenvalue weighted by atomic mass is 32.2. The van der Waals surface area contributed by atoms with Crippen molar-refractivity contribution < 1.29 is 18.0 Å². The molecule has 2 amide bonds. The number of amides is 2. The molecule has 8 nitrogen and oxygen atoms in total. The van der Waals surface area contributed by atoms with E-state index in [1.165, 1.54) is 22.6 Å². The summed E-state index contributed by atoms with van der Waals surface area (Å²) in [6.07, 6.45) is 5.09. The van der Waals surface area contributed by atoms with E-state index in [2.05, 4.69) is 16.9 Å². The summed E-state index contributed by atoms with van der Waals surface area (Å²) in [5.41, 5.74) is 0.302. The lowest BCUT2D eigenvalue weighted by molar-refractivity contribution is -0.117. The molecule has 0 spiro atoms. The Morgan fingerprint density at radius 2 is 2.00 bits per heavy atom. The number of aromatic amines is 1. The van der Waals surface area contributed by atoms with Gasteiger partial charge >= 0.3 is 0 Å². The van der Waals surface area contributed by atoms with Gasteiger partial charge in [0, 0.05) is 38.4 Å². The molecular formula is C18H26N4O4S. The lowest BCUT2D eigenvalue weighted by Crippen LogP contribution is -2.51. The van der Waals surface area contributed by atoms with Crippen LogP contribution >= 0.6 is 0 Å². The Hall–Kier alpha value is -2.13. The third-order valence-electron chi connectivity index (χ3n) is 5.30. The van der Waals surface area contributed by atoms with Gasteiger partial charge in [0.1, 0.15) is 10.6 Å². The molecule has 0 radical (unpaired) electrons. The van der Waals surface area contributed by atoms with Gasteiger partial charge in [0.2, 0.25) is 15.9 Å². The van der Waals surface area contributed by atoms with Crippen LogP contribution in [0, 0.1) is 5.92 Å². The van der Waals surface area contributed by atoms with Gasteiger partial charge in [-0.2, -0.15) is 4.31 Å². The zero-order valence-electron chi connectivity index (χ0n) is 15.5. The molecule has 1 aromatic heterocycles. The van der Waals surface area contributed by atoms with Gasteiger partial charge in [-0.15, -0.1) is 0 Å². The van der Waals surface area contributed by atoms with Crippen molar-refractivity contribution in [2.45, 2.75) is 37.1 Å². The van der Waals surface area contributed by atoms with Gasteiger partial charge in [-0.05, 0) is 37.3 Å². The fourth-order valence-corrected chi connectivity index (χ4v) is 5.22. The van der Waals surface area contributed by atoms with Crippen LogP contribution in [-0.4, -0.2) is 66.6 Å². The summed E-state index contributed by atoms with van der Waals surface area (Å²) >= 11 is 0. The summed E-state index contributed by atoms with van der Waals surface area (Å²) in [6, 6.07) is 1.34. The Kier molecular flexibility index (Phi) is 5.71. The Morgan fingerprint density at radius 1 is 1.30 bits per heavy atom. The van der Waals surface area contributed by atoms with E-state index >= 15 is 0 Å². The molecule has 3 rings (SSSR count). The maximum Gasteiger partial charge on any atom is 0.270 e. The number of nitrogens with zero attached hydrogens (tertiary/aromatic N) is 2. The number of likely N-dealkylation sites (tertiary alicyclic amines) is 1. The standard InChI is InChI=1S/C18H26N4O4S/c1-3-17(23)20-15-6-9-22(12-13(15)2)27(25,26)14-10-16(19-11-14)18(24)21-7-4-5-8-21/h3,10-11,13,15,19H,1,4-9,12H2,2H3,(H,20,23). The van der Waals surface area contributed by atoms with E-state index in [0.717, 1.165) is 12.8 Å². The smallest absolute Gasteiger partial charge is 0.270 e. The van der Waals surface area contributed by atoms with E-state index in [1.54, 1.807) is 4.90 Å². The van der Waals surface area contributed by atoms with E-state index in [0.29, 0.717) is 38.3 Å². The predicted octanol–water partition coefficient (Wildman–Crippen LogP) is 0.952. The summed E-state index contributed by atoms with van der Waals surface area (Å²) in [5, 5.41) is 2.85. The second kappa shape index (κ2) is 7.85. The predicted molar refractivity (Wildman–Crippen MR) is 101 cm³/mol. The molecule has 9 heteroatoms. The van der Waals surface area contributed by atoms with Crippen molar-refractivity contribution in [3.63, 3.8) is 0 Å². The zero-order valence-corrected chi connectivity index (χ0v) is 16.3. The van der Waals surface area contributed by atoms with E-state index in [-0.39, 0.29) is 28.7 Å². The number of sulfonamides is 1. The first-order valence-corrected chi connectivity index (χ1v) is 10.7. The SMILES string of the molecule is C=CC(=O)NC1CCN(S(=O)(=O)c2c[nH]c(C(=O)N3CCCC3)c2)CC1C. The van der Waals surface area contributed by atoms with Crippen LogP contribution in [0.15, 0.2) is 29.8 Å². The molecule has 0 aromatic carbocycles. The summed E-state index contributed by atoms with van der Waals surface area (Å²) in [7, 11) is -3.69. The number of piperidine rings is 1. The van der Waals surface area contributed by atoms with Crippen molar-refractivity contribution in [3.05, 3.63) is 30.6 Å². The van der Waals surface area contributed by atoms with Crippen LogP contribution in [0.1, 0.15) is 36.7 Å². The highest BCUT2D eigenvalue weighted by molar-refractivity contribution is 7.89. The van der Waals surface area contributed by atoms with Crippen molar-refractivity contribution in [1.82, 2.24) is 19.5 Å². The van der Waals surface area contributed by atoms with Gasteiger partial charge in [-0.1, -0.05) is 13.5 Å². The quantitative estimate of drug-likeness (QED) is 0.726. The number of hydrogen-bond acceptors (Lipinski definition) is 4. The summed E-state index contributed by atoms with van der Waals surface area (Å²) in [5.74, 6) is -0.436. The number of carbonyl (C=O) groups is 2. The van der Waals surface area contributed by atoms with Gasteiger partial charge in [0.15, 0.2) is 0 Å². The Morgan fingerprint density at radius 3 is 2.63 bits per heavy atom. The minimum atomic E-state index is -3.69. The zero-order chi connectivity index (χ0) is 19.6. The second-order valence-corrected chi connectivity index (χ2v) is 9.13. The Labute approximate surface area is 159 Å². The third kappa shape index (κ3) is 4.08. The van der Waals surface area contributed by atoms with Crippen molar-refractivity contribution in [1.29, 1.82) is 0 Å². The van der Waals surface area contributed by atoms with Crippen LogP contribution in [0.4, 0.5) is 0 Å². The van der Waals surface area contributed by atoms with Crippen LogP contribution < -0.4 is 5.32 Å². The summed E-state index contributed by atoms with van der Waals surface area (Å²) in [4.78, 5) is 28.6. The first-order chi connectivity index (χ1) is 12.8. The van der Waals surface area contributed by atoms with Crippen LogP contribution in [0.3, 0.4) is 0 Å². The van der Waals surface area contributed by atoms with Crippen LogP contribution in [0.2, 0.25) is 0 Å². The number of carbonyl (C=O) groups excluding carboxylic acids is 2. The van der Waals surface area contributed by atoms with Gasteiger partial charge in [-0.3, -0.25) is 9.59 Å². The molecule has 2 aliphatic rings. The van der Waals surface area contributed by atoms with Crippen molar-refractivity contribution in [3.8, 4) is 0 Å². The molecule has 0 bridgehead atoms. The first-order valence-electron chi connectivity index (χ1n) is 9.23. The van der Waals surface area contributed by atoms with E-state index < -0.39 is 10.0 Å². The monoisotopic (exact) mass is 394 g/mol.